The van der Waals surface area contributed by atoms with E-state index >= 15 is 0 Å². The van der Waals surface area contributed by atoms with Crippen molar-refractivity contribution in [1.29, 1.82) is 0 Å². The van der Waals surface area contributed by atoms with E-state index in [0.717, 1.165) is 6.08 Å². The van der Waals surface area contributed by atoms with Gasteiger partial charge >= 0.3 is 5.97 Å². The molecule has 2 rings (SSSR count). The first-order valence-corrected chi connectivity index (χ1v) is 5.86. The monoisotopic (exact) mass is 252 g/mol. The molecule has 1 aliphatic carbocycles. The predicted molar refractivity (Wildman–Crippen MR) is 66.3 cm³/mol. The van der Waals surface area contributed by atoms with Gasteiger partial charge in [0.05, 0.1) is 6.61 Å². The van der Waals surface area contributed by atoms with Gasteiger partial charge < -0.3 is 9.84 Å². The van der Waals surface area contributed by atoms with E-state index in [4.69, 9.17) is 21.4 Å². The van der Waals surface area contributed by atoms with Crippen LogP contribution in [0.3, 0.4) is 0 Å². The minimum absolute atomic E-state index is 0.564. The highest BCUT2D eigenvalue weighted by Crippen LogP contribution is 2.31. The lowest BCUT2D eigenvalue weighted by Gasteiger charge is -2.08. The van der Waals surface area contributed by atoms with Gasteiger partial charge in [-0.15, -0.1) is 0 Å². The first-order valence-electron chi connectivity index (χ1n) is 5.48. The molecule has 1 aliphatic rings. The van der Waals surface area contributed by atoms with E-state index < -0.39 is 5.97 Å². The van der Waals surface area contributed by atoms with Gasteiger partial charge in [0.15, 0.2) is 0 Å². The van der Waals surface area contributed by atoms with Crippen LogP contribution in [0.25, 0.3) is 6.08 Å². The van der Waals surface area contributed by atoms with Gasteiger partial charge in [0.25, 0.3) is 0 Å². The number of hydrogen-bond donors (Lipinski definition) is 1. The van der Waals surface area contributed by atoms with Gasteiger partial charge in [-0.25, -0.2) is 4.79 Å². The summed E-state index contributed by atoms with van der Waals surface area (Å²) in [5.74, 6) is 0.346. The summed E-state index contributed by atoms with van der Waals surface area (Å²) < 4.78 is 5.65. The molecule has 1 aromatic carbocycles. The molecular weight excluding hydrogens is 240 g/mol. The van der Waals surface area contributed by atoms with Crippen molar-refractivity contribution in [1.82, 2.24) is 0 Å². The smallest absolute Gasteiger partial charge is 0.328 e. The summed E-state index contributed by atoms with van der Waals surface area (Å²) in [4.78, 5) is 10.5. The molecule has 1 aromatic rings. The topological polar surface area (TPSA) is 46.5 Å². The maximum absolute atomic E-state index is 10.5. The Kier molecular flexibility index (Phi) is 3.69. The fourth-order valence-corrected chi connectivity index (χ4v) is 1.61. The van der Waals surface area contributed by atoms with E-state index in [0.29, 0.717) is 28.9 Å². The molecule has 0 saturated heterocycles. The van der Waals surface area contributed by atoms with E-state index in [9.17, 15) is 4.79 Å². The van der Waals surface area contributed by atoms with Gasteiger partial charge in [0.1, 0.15) is 5.75 Å². The van der Waals surface area contributed by atoms with Crippen molar-refractivity contribution in [3.63, 3.8) is 0 Å². The Balaban J connectivity index is 2.13. The van der Waals surface area contributed by atoms with Crippen LogP contribution in [0.1, 0.15) is 18.4 Å². The van der Waals surface area contributed by atoms with Crippen LogP contribution in [0, 0.1) is 5.92 Å². The number of carbonyl (C=O) groups is 1. The van der Waals surface area contributed by atoms with Gasteiger partial charge in [0, 0.05) is 16.7 Å². The van der Waals surface area contributed by atoms with Crippen LogP contribution in [0.4, 0.5) is 0 Å². The van der Waals surface area contributed by atoms with Crippen molar-refractivity contribution in [3.05, 3.63) is 34.9 Å². The second kappa shape index (κ2) is 5.23. The summed E-state index contributed by atoms with van der Waals surface area (Å²) in [5.41, 5.74) is 0.695. The number of carboxylic acids is 1. The zero-order chi connectivity index (χ0) is 12.3. The summed E-state index contributed by atoms with van der Waals surface area (Å²) in [7, 11) is 0. The fraction of sp³-hybridized carbons (Fsp3) is 0.308. The van der Waals surface area contributed by atoms with Crippen LogP contribution < -0.4 is 4.74 Å². The molecule has 0 unspecified atom stereocenters. The second-order valence-corrected chi connectivity index (χ2v) is 4.54. The second-order valence-electron chi connectivity index (χ2n) is 4.11. The average Bonchev–Trinajstić information content (AvgIpc) is 3.09. The molecule has 0 aromatic heterocycles. The third-order valence-corrected chi connectivity index (χ3v) is 2.78. The van der Waals surface area contributed by atoms with Crippen molar-refractivity contribution in [3.8, 4) is 5.75 Å². The summed E-state index contributed by atoms with van der Waals surface area (Å²) in [6.07, 6.45) is 5.01. The highest BCUT2D eigenvalue weighted by Gasteiger charge is 2.22. The van der Waals surface area contributed by atoms with Crippen LogP contribution in [-0.4, -0.2) is 17.7 Å². The number of ether oxygens (including phenoxy) is 1. The number of rotatable bonds is 5. The van der Waals surface area contributed by atoms with Gasteiger partial charge in [0.2, 0.25) is 0 Å². The Hall–Kier alpha value is -1.48. The Morgan fingerprint density at radius 3 is 2.94 bits per heavy atom. The zero-order valence-electron chi connectivity index (χ0n) is 9.23. The molecular formula is C13H13ClO3. The minimum atomic E-state index is -0.988. The van der Waals surface area contributed by atoms with Crippen molar-refractivity contribution in [2.24, 2.45) is 5.92 Å². The molecule has 1 N–H and O–H groups in total. The highest BCUT2D eigenvalue weighted by molar-refractivity contribution is 6.30. The summed E-state index contributed by atoms with van der Waals surface area (Å²) >= 11 is 5.87. The van der Waals surface area contributed by atoms with Crippen molar-refractivity contribution in [2.45, 2.75) is 12.8 Å². The van der Waals surface area contributed by atoms with Crippen molar-refractivity contribution < 1.29 is 14.6 Å². The standard InChI is InChI=1S/C13H13ClO3/c14-11-4-5-12(17-8-9-1-2-9)10(7-11)3-6-13(15)16/h3-7,9H,1-2,8H2,(H,15,16)/b6-3+. The number of benzene rings is 1. The molecule has 0 bridgehead atoms. The molecule has 1 saturated carbocycles. The lowest BCUT2D eigenvalue weighted by molar-refractivity contribution is -0.131. The lowest BCUT2D eigenvalue weighted by atomic mass is 10.2. The van der Waals surface area contributed by atoms with Crippen LogP contribution in [0.5, 0.6) is 5.75 Å². The maximum atomic E-state index is 10.5. The Labute approximate surface area is 105 Å². The van der Waals surface area contributed by atoms with Crippen LogP contribution in [-0.2, 0) is 4.79 Å². The molecule has 0 heterocycles. The SMILES string of the molecule is O=C(O)/C=C/c1cc(Cl)ccc1OCC1CC1. The highest BCUT2D eigenvalue weighted by atomic mass is 35.5. The first kappa shape index (κ1) is 12.0. The summed E-state index contributed by atoms with van der Waals surface area (Å²) in [5, 5.41) is 9.17. The number of halogens is 1. The molecule has 0 aliphatic heterocycles. The molecule has 4 heteroatoms. The van der Waals surface area contributed by atoms with Crippen molar-refractivity contribution in [2.75, 3.05) is 6.61 Å². The average molecular weight is 253 g/mol. The Morgan fingerprint density at radius 1 is 1.53 bits per heavy atom. The van der Waals surface area contributed by atoms with Gasteiger partial charge in [-0.2, -0.15) is 0 Å². The quantitative estimate of drug-likeness (QED) is 0.819. The van der Waals surface area contributed by atoms with E-state index in [1.165, 1.54) is 18.9 Å². The predicted octanol–water partition coefficient (Wildman–Crippen LogP) is 3.23. The van der Waals surface area contributed by atoms with Gasteiger partial charge in [-0.3, -0.25) is 0 Å². The summed E-state index contributed by atoms with van der Waals surface area (Å²) in [6.45, 7) is 0.690. The third kappa shape index (κ3) is 3.79. The molecule has 17 heavy (non-hydrogen) atoms. The fourth-order valence-electron chi connectivity index (χ4n) is 1.43. The Bertz CT molecular complexity index is 450. The third-order valence-electron chi connectivity index (χ3n) is 2.55. The van der Waals surface area contributed by atoms with Gasteiger partial charge in [-0.1, -0.05) is 11.6 Å². The Morgan fingerprint density at radius 2 is 2.29 bits per heavy atom. The van der Waals surface area contributed by atoms with E-state index in [-0.39, 0.29) is 0 Å². The number of carboxylic acid groups (broad SMARTS) is 1. The van der Waals surface area contributed by atoms with Crippen LogP contribution in [0.2, 0.25) is 5.02 Å². The molecule has 0 atom stereocenters. The number of aliphatic carboxylic acids is 1. The first-order chi connectivity index (χ1) is 8.15. The normalized spacial score (nSPS) is 15.1. The lowest BCUT2D eigenvalue weighted by Crippen LogP contribution is -2.00. The molecule has 0 spiro atoms. The van der Waals surface area contributed by atoms with E-state index in [1.54, 1.807) is 18.2 Å². The minimum Gasteiger partial charge on any atom is -0.493 e. The van der Waals surface area contributed by atoms with Gasteiger partial charge in [-0.05, 0) is 43.0 Å². The molecule has 90 valence electrons. The molecule has 3 nitrogen and oxygen atoms in total. The molecule has 1 fully saturated rings. The van der Waals surface area contributed by atoms with Crippen LogP contribution in [0.15, 0.2) is 24.3 Å². The molecule has 0 radical (unpaired) electrons. The van der Waals surface area contributed by atoms with E-state index in [2.05, 4.69) is 0 Å². The maximum Gasteiger partial charge on any atom is 0.328 e. The van der Waals surface area contributed by atoms with E-state index in [1.807, 2.05) is 0 Å². The summed E-state index contributed by atoms with van der Waals surface area (Å²) in [6, 6.07) is 5.21. The zero-order valence-corrected chi connectivity index (χ0v) is 9.98. The molecule has 0 amide bonds. The van der Waals surface area contributed by atoms with Crippen LogP contribution >= 0.6 is 11.6 Å². The largest absolute Gasteiger partial charge is 0.493 e. The van der Waals surface area contributed by atoms with Crippen molar-refractivity contribution >= 4 is 23.6 Å². The number of hydrogen-bond acceptors (Lipinski definition) is 2.